The van der Waals surface area contributed by atoms with Crippen molar-refractivity contribution in [2.75, 3.05) is 11.9 Å². The van der Waals surface area contributed by atoms with Gasteiger partial charge in [-0.25, -0.2) is 9.78 Å². The highest BCUT2D eigenvalue weighted by atomic mass is 79.9. The number of H-pyrrole nitrogens is 1. The van der Waals surface area contributed by atoms with Gasteiger partial charge in [-0.05, 0) is 48.0 Å². The average molecular weight is 353 g/mol. The Kier molecular flexibility index (Phi) is 4.69. The smallest absolute Gasteiger partial charge is 0.338 e. The van der Waals surface area contributed by atoms with Gasteiger partial charge in [0.2, 0.25) is 5.82 Å². The van der Waals surface area contributed by atoms with Crippen molar-refractivity contribution in [1.82, 2.24) is 15.2 Å². The largest absolute Gasteiger partial charge is 0.462 e. The SMILES string of the molecule is CCOC(=O)c1ccc(NC(=O)c2n[nH]c(C)n2)c(Br)c1. The molecule has 1 aromatic carbocycles. The molecule has 0 aliphatic rings. The van der Waals surface area contributed by atoms with Gasteiger partial charge in [0.25, 0.3) is 5.91 Å². The summed E-state index contributed by atoms with van der Waals surface area (Å²) in [6.07, 6.45) is 0. The van der Waals surface area contributed by atoms with Crippen LogP contribution < -0.4 is 5.32 Å². The first-order valence-electron chi connectivity index (χ1n) is 6.18. The van der Waals surface area contributed by atoms with Crippen molar-refractivity contribution in [3.63, 3.8) is 0 Å². The van der Waals surface area contributed by atoms with Crippen LogP contribution in [0.3, 0.4) is 0 Å². The zero-order valence-electron chi connectivity index (χ0n) is 11.4. The Morgan fingerprint density at radius 1 is 1.43 bits per heavy atom. The zero-order valence-corrected chi connectivity index (χ0v) is 13.0. The molecule has 2 N–H and O–H groups in total. The summed E-state index contributed by atoms with van der Waals surface area (Å²) in [5.74, 6) is -0.254. The first-order chi connectivity index (χ1) is 10.0. The van der Waals surface area contributed by atoms with Crippen molar-refractivity contribution in [3.05, 3.63) is 39.9 Å². The number of nitrogens with zero attached hydrogens (tertiary/aromatic N) is 2. The van der Waals surface area contributed by atoms with E-state index >= 15 is 0 Å². The van der Waals surface area contributed by atoms with Crippen LogP contribution in [0.15, 0.2) is 22.7 Å². The lowest BCUT2D eigenvalue weighted by Crippen LogP contribution is -2.14. The quantitative estimate of drug-likeness (QED) is 0.822. The molecule has 0 aliphatic carbocycles. The Balaban J connectivity index is 2.14. The highest BCUT2D eigenvalue weighted by Crippen LogP contribution is 2.24. The third kappa shape index (κ3) is 3.66. The molecule has 0 atom stereocenters. The van der Waals surface area contributed by atoms with Crippen LogP contribution in [0, 0.1) is 6.92 Å². The van der Waals surface area contributed by atoms with E-state index in [1.165, 1.54) is 0 Å². The van der Waals surface area contributed by atoms with Crippen molar-refractivity contribution in [2.24, 2.45) is 0 Å². The van der Waals surface area contributed by atoms with E-state index in [0.717, 1.165) is 0 Å². The summed E-state index contributed by atoms with van der Waals surface area (Å²) in [6, 6.07) is 4.76. The fraction of sp³-hybridized carbons (Fsp3) is 0.231. The molecule has 1 heterocycles. The maximum atomic E-state index is 11.9. The molecule has 110 valence electrons. The number of hydrogen-bond acceptors (Lipinski definition) is 5. The number of carbonyl (C=O) groups is 2. The molecule has 0 bridgehead atoms. The third-order valence-corrected chi connectivity index (χ3v) is 3.18. The molecule has 8 heteroatoms. The van der Waals surface area contributed by atoms with E-state index in [9.17, 15) is 9.59 Å². The number of aryl methyl sites for hydroxylation is 1. The van der Waals surface area contributed by atoms with Gasteiger partial charge in [0, 0.05) is 4.47 Å². The van der Waals surface area contributed by atoms with Gasteiger partial charge in [0.1, 0.15) is 5.82 Å². The van der Waals surface area contributed by atoms with Crippen LogP contribution in [-0.4, -0.2) is 33.7 Å². The number of ether oxygens (including phenoxy) is 1. The van der Waals surface area contributed by atoms with Crippen molar-refractivity contribution >= 4 is 33.5 Å². The summed E-state index contributed by atoms with van der Waals surface area (Å²) >= 11 is 3.30. The number of rotatable bonds is 4. The number of carbonyl (C=O) groups excluding carboxylic acids is 2. The fourth-order valence-electron chi connectivity index (χ4n) is 1.58. The lowest BCUT2D eigenvalue weighted by atomic mass is 10.2. The summed E-state index contributed by atoms with van der Waals surface area (Å²) in [5, 5.41) is 9.02. The zero-order chi connectivity index (χ0) is 15.4. The molecular weight excluding hydrogens is 340 g/mol. The van der Waals surface area contributed by atoms with E-state index in [-0.39, 0.29) is 5.82 Å². The van der Waals surface area contributed by atoms with Crippen LogP contribution in [0.25, 0.3) is 0 Å². The Labute approximate surface area is 129 Å². The van der Waals surface area contributed by atoms with Crippen molar-refractivity contribution in [2.45, 2.75) is 13.8 Å². The number of aromatic amines is 1. The second-order valence-corrected chi connectivity index (χ2v) is 4.97. The molecule has 21 heavy (non-hydrogen) atoms. The van der Waals surface area contributed by atoms with Gasteiger partial charge in [-0.1, -0.05) is 0 Å². The molecule has 0 radical (unpaired) electrons. The van der Waals surface area contributed by atoms with Crippen molar-refractivity contribution in [3.8, 4) is 0 Å². The summed E-state index contributed by atoms with van der Waals surface area (Å²) in [7, 11) is 0. The molecule has 0 aliphatic heterocycles. The van der Waals surface area contributed by atoms with Gasteiger partial charge in [-0.2, -0.15) is 0 Å². The summed E-state index contributed by atoms with van der Waals surface area (Å²) in [4.78, 5) is 27.5. The maximum Gasteiger partial charge on any atom is 0.338 e. The van der Waals surface area contributed by atoms with E-state index in [1.807, 2.05) is 0 Å². The third-order valence-electron chi connectivity index (χ3n) is 2.53. The Morgan fingerprint density at radius 2 is 2.19 bits per heavy atom. The van der Waals surface area contributed by atoms with E-state index in [4.69, 9.17) is 4.74 Å². The van der Waals surface area contributed by atoms with Gasteiger partial charge < -0.3 is 10.1 Å². The van der Waals surface area contributed by atoms with Crippen molar-refractivity contribution in [1.29, 1.82) is 0 Å². The number of amides is 1. The minimum absolute atomic E-state index is 0.0499. The van der Waals surface area contributed by atoms with E-state index in [0.29, 0.717) is 28.2 Å². The topological polar surface area (TPSA) is 97.0 Å². The standard InChI is InChI=1S/C13H13BrN4O3/c1-3-21-13(20)8-4-5-10(9(14)6-8)16-12(19)11-15-7(2)17-18-11/h4-6H,3H2,1-2H3,(H,16,19)(H,15,17,18). The molecule has 0 unspecified atom stereocenters. The van der Waals surface area contributed by atoms with E-state index < -0.39 is 11.9 Å². The Morgan fingerprint density at radius 3 is 2.76 bits per heavy atom. The Hall–Kier alpha value is -2.22. The van der Waals surface area contributed by atoms with Crippen LogP contribution in [0.2, 0.25) is 0 Å². The Bertz CT molecular complexity index is 684. The number of anilines is 1. The molecule has 0 spiro atoms. The lowest BCUT2D eigenvalue weighted by molar-refractivity contribution is 0.0526. The van der Waals surface area contributed by atoms with Gasteiger partial charge in [-0.3, -0.25) is 9.89 Å². The molecule has 1 aromatic heterocycles. The van der Waals surface area contributed by atoms with Gasteiger partial charge in [-0.15, -0.1) is 5.10 Å². The number of hydrogen-bond donors (Lipinski definition) is 2. The van der Waals surface area contributed by atoms with Gasteiger partial charge in [0.05, 0.1) is 17.9 Å². The second-order valence-electron chi connectivity index (χ2n) is 4.11. The molecule has 0 saturated heterocycles. The number of aromatic nitrogens is 3. The number of esters is 1. The van der Waals surface area contributed by atoms with Crippen LogP contribution in [0.1, 0.15) is 33.7 Å². The van der Waals surface area contributed by atoms with E-state index in [1.54, 1.807) is 32.0 Å². The number of benzene rings is 1. The normalized spacial score (nSPS) is 10.2. The molecule has 0 fully saturated rings. The number of nitrogens with one attached hydrogen (secondary N) is 2. The molecule has 7 nitrogen and oxygen atoms in total. The number of halogens is 1. The monoisotopic (exact) mass is 352 g/mol. The lowest BCUT2D eigenvalue weighted by Gasteiger charge is -2.07. The molecule has 2 aromatic rings. The molecule has 0 saturated carbocycles. The minimum atomic E-state index is -0.441. The first-order valence-corrected chi connectivity index (χ1v) is 6.97. The minimum Gasteiger partial charge on any atom is -0.462 e. The predicted octanol–water partition coefficient (Wildman–Crippen LogP) is 2.30. The summed E-state index contributed by atoms with van der Waals surface area (Å²) < 4.78 is 5.47. The molecular formula is C13H13BrN4O3. The summed E-state index contributed by atoms with van der Waals surface area (Å²) in [5.41, 5.74) is 0.908. The predicted molar refractivity (Wildman–Crippen MR) is 79.2 cm³/mol. The average Bonchev–Trinajstić information content (AvgIpc) is 2.88. The fourth-order valence-corrected chi connectivity index (χ4v) is 2.06. The summed E-state index contributed by atoms with van der Waals surface area (Å²) in [6.45, 7) is 3.74. The highest BCUT2D eigenvalue weighted by molar-refractivity contribution is 9.10. The van der Waals surface area contributed by atoms with Crippen LogP contribution >= 0.6 is 15.9 Å². The van der Waals surface area contributed by atoms with Crippen molar-refractivity contribution < 1.29 is 14.3 Å². The van der Waals surface area contributed by atoms with E-state index in [2.05, 4.69) is 36.4 Å². The molecule has 1 amide bonds. The maximum absolute atomic E-state index is 11.9. The van der Waals surface area contributed by atoms with Gasteiger partial charge >= 0.3 is 5.97 Å². The van der Waals surface area contributed by atoms with Gasteiger partial charge in [0.15, 0.2) is 0 Å². The first kappa shape index (κ1) is 15.2. The molecule has 2 rings (SSSR count). The second kappa shape index (κ2) is 6.49. The van der Waals surface area contributed by atoms with Crippen LogP contribution in [0.4, 0.5) is 5.69 Å². The van der Waals surface area contributed by atoms with Crippen LogP contribution in [-0.2, 0) is 4.74 Å². The van der Waals surface area contributed by atoms with Crippen LogP contribution in [0.5, 0.6) is 0 Å². The highest BCUT2D eigenvalue weighted by Gasteiger charge is 2.14.